The zero-order chi connectivity index (χ0) is 18.1. The van der Waals surface area contributed by atoms with Crippen molar-refractivity contribution in [3.8, 4) is 0 Å². The molecule has 0 spiro atoms. The van der Waals surface area contributed by atoms with Crippen molar-refractivity contribution >= 4 is 11.7 Å². The molecule has 1 aliphatic heterocycles. The first kappa shape index (κ1) is 16.8. The highest BCUT2D eigenvalue weighted by Gasteiger charge is 2.21. The van der Waals surface area contributed by atoms with Gasteiger partial charge in [0.15, 0.2) is 0 Å². The Morgan fingerprint density at radius 1 is 1.19 bits per heavy atom. The number of hydrogen-bond donors (Lipinski definition) is 1. The average molecular weight is 359 g/mol. The van der Waals surface area contributed by atoms with E-state index in [4.69, 9.17) is 4.74 Å². The molecular formula is C18H19F2N5O. The number of fused-ring (bicyclic) bond motifs is 1. The highest BCUT2D eigenvalue weighted by Crippen LogP contribution is 2.27. The number of aromatic nitrogens is 4. The standard InChI is InChI=1S/C18H19F2N5O/c1-11-8-16(12-4-6-26-7-5-12)25-18(22-11)23-17(24-25)21-10-13-9-14(19)2-3-15(13)20/h2-3,8-9,12H,4-7,10H2,1H3,(H,21,24). The molecule has 3 aromatic rings. The van der Waals surface area contributed by atoms with Crippen LogP contribution in [0.2, 0.25) is 0 Å². The van der Waals surface area contributed by atoms with Gasteiger partial charge in [0.25, 0.3) is 5.78 Å². The van der Waals surface area contributed by atoms with Crippen LogP contribution in [0.25, 0.3) is 5.78 Å². The molecule has 136 valence electrons. The first-order valence-electron chi connectivity index (χ1n) is 8.60. The number of anilines is 1. The number of nitrogens with zero attached hydrogens (tertiary/aromatic N) is 4. The second-order valence-electron chi connectivity index (χ2n) is 6.45. The molecule has 0 aliphatic carbocycles. The van der Waals surface area contributed by atoms with E-state index in [-0.39, 0.29) is 12.1 Å². The number of ether oxygens (including phenoxy) is 1. The number of rotatable bonds is 4. The van der Waals surface area contributed by atoms with Crippen molar-refractivity contribution in [1.29, 1.82) is 0 Å². The van der Waals surface area contributed by atoms with Crippen molar-refractivity contribution in [3.63, 3.8) is 0 Å². The number of hydrogen-bond acceptors (Lipinski definition) is 5. The Kier molecular flexibility index (Phi) is 4.50. The van der Waals surface area contributed by atoms with E-state index in [0.717, 1.165) is 55.6 Å². The van der Waals surface area contributed by atoms with Gasteiger partial charge in [-0.2, -0.15) is 9.50 Å². The van der Waals surface area contributed by atoms with Crippen LogP contribution < -0.4 is 5.32 Å². The smallest absolute Gasteiger partial charge is 0.254 e. The fourth-order valence-corrected chi connectivity index (χ4v) is 3.23. The SMILES string of the molecule is Cc1cc(C2CCOCC2)n2nc(NCc3cc(F)ccc3F)nc2n1. The predicted molar refractivity (Wildman–Crippen MR) is 92.0 cm³/mol. The largest absolute Gasteiger partial charge is 0.381 e. The molecule has 8 heteroatoms. The molecule has 1 aliphatic rings. The molecule has 0 bridgehead atoms. The molecule has 0 unspecified atom stereocenters. The van der Waals surface area contributed by atoms with Crippen LogP contribution in [0.1, 0.15) is 35.7 Å². The molecule has 1 N–H and O–H groups in total. The Morgan fingerprint density at radius 2 is 2.00 bits per heavy atom. The minimum Gasteiger partial charge on any atom is -0.381 e. The summed E-state index contributed by atoms with van der Waals surface area (Å²) in [5.74, 6) is 0.210. The van der Waals surface area contributed by atoms with Gasteiger partial charge in [0.2, 0.25) is 5.95 Å². The van der Waals surface area contributed by atoms with E-state index in [2.05, 4.69) is 20.4 Å². The molecule has 0 saturated carbocycles. The Labute approximate surface area is 149 Å². The van der Waals surface area contributed by atoms with Crippen LogP contribution >= 0.6 is 0 Å². The van der Waals surface area contributed by atoms with E-state index in [0.29, 0.717) is 17.6 Å². The fraction of sp³-hybridized carbons (Fsp3) is 0.389. The second kappa shape index (κ2) is 6.95. The van der Waals surface area contributed by atoms with E-state index in [1.165, 1.54) is 0 Å². The van der Waals surface area contributed by atoms with Crippen LogP contribution in [0.3, 0.4) is 0 Å². The zero-order valence-electron chi connectivity index (χ0n) is 14.4. The Balaban J connectivity index is 1.61. The topological polar surface area (TPSA) is 64.3 Å². The molecule has 6 nitrogen and oxygen atoms in total. The highest BCUT2D eigenvalue weighted by atomic mass is 19.1. The van der Waals surface area contributed by atoms with Crippen LogP contribution in [0.15, 0.2) is 24.3 Å². The molecule has 0 atom stereocenters. The van der Waals surface area contributed by atoms with Crippen molar-refractivity contribution in [2.75, 3.05) is 18.5 Å². The van der Waals surface area contributed by atoms with Crippen molar-refractivity contribution < 1.29 is 13.5 Å². The molecule has 4 rings (SSSR count). The summed E-state index contributed by atoms with van der Waals surface area (Å²) in [6.07, 6.45) is 1.85. The third-order valence-corrected chi connectivity index (χ3v) is 4.55. The number of nitrogens with one attached hydrogen (secondary N) is 1. The molecule has 2 aromatic heterocycles. The summed E-state index contributed by atoms with van der Waals surface area (Å²) in [5, 5.41) is 7.42. The van der Waals surface area contributed by atoms with Gasteiger partial charge in [-0.05, 0) is 44.0 Å². The second-order valence-corrected chi connectivity index (χ2v) is 6.45. The van der Waals surface area contributed by atoms with E-state index in [1.54, 1.807) is 4.52 Å². The fourth-order valence-electron chi connectivity index (χ4n) is 3.23. The van der Waals surface area contributed by atoms with Crippen LogP contribution in [-0.2, 0) is 11.3 Å². The zero-order valence-corrected chi connectivity index (χ0v) is 14.4. The summed E-state index contributed by atoms with van der Waals surface area (Å²) < 4.78 is 34.2. The Hall–Kier alpha value is -2.61. The van der Waals surface area contributed by atoms with E-state index >= 15 is 0 Å². The van der Waals surface area contributed by atoms with Crippen molar-refractivity contribution in [2.24, 2.45) is 0 Å². The van der Waals surface area contributed by atoms with Gasteiger partial charge in [-0.15, -0.1) is 5.10 Å². The van der Waals surface area contributed by atoms with Crippen LogP contribution in [0, 0.1) is 18.6 Å². The number of benzene rings is 1. The maximum absolute atomic E-state index is 13.8. The van der Waals surface area contributed by atoms with E-state index in [9.17, 15) is 8.78 Å². The van der Waals surface area contributed by atoms with Gasteiger partial charge in [0.1, 0.15) is 11.6 Å². The highest BCUT2D eigenvalue weighted by molar-refractivity contribution is 5.40. The monoisotopic (exact) mass is 359 g/mol. The summed E-state index contributed by atoms with van der Waals surface area (Å²) in [5.41, 5.74) is 2.14. The van der Waals surface area contributed by atoms with Crippen molar-refractivity contribution in [2.45, 2.75) is 32.2 Å². The summed E-state index contributed by atoms with van der Waals surface area (Å²) >= 11 is 0. The predicted octanol–water partition coefficient (Wildman–Crippen LogP) is 3.22. The first-order chi connectivity index (χ1) is 12.6. The average Bonchev–Trinajstić information content (AvgIpc) is 3.05. The third-order valence-electron chi connectivity index (χ3n) is 4.55. The lowest BCUT2D eigenvalue weighted by atomic mass is 9.96. The molecule has 1 saturated heterocycles. The van der Waals surface area contributed by atoms with Gasteiger partial charge >= 0.3 is 0 Å². The van der Waals surface area contributed by atoms with Gasteiger partial charge in [-0.3, -0.25) is 0 Å². The lowest BCUT2D eigenvalue weighted by Crippen LogP contribution is -2.17. The van der Waals surface area contributed by atoms with Gasteiger partial charge < -0.3 is 10.1 Å². The van der Waals surface area contributed by atoms with Gasteiger partial charge in [-0.25, -0.2) is 13.8 Å². The maximum Gasteiger partial charge on any atom is 0.254 e. The van der Waals surface area contributed by atoms with E-state index in [1.807, 2.05) is 13.0 Å². The molecule has 0 radical (unpaired) electrons. The molecular weight excluding hydrogens is 340 g/mol. The minimum absolute atomic E-state index is 0.0893. The first-order valence-corrected chi connectivity index (χ1v) is 8.60. The maximum atomic E-state index is 13.8. The summed E-state index contributed by atoms with van der Waals surface area (Å²) in [6.45, 7) is 3.47. The van der Waals surface area contributed by atoms with Gasteiger partial charge in [-0.1, -0.05) is 0 Å². The molecule has 1 fully saturated rings. The number of halogens is 2. The van der Waals surface area contributed by atoms with Crippen molar-refractivity contribution in [1.82, 2.24) is 19.6 Å². The summed E-state index contributed by atoms with van der Waals surface area (Å²) in [7, 11) is 0. The number of aryl methyl sites for hydroxylation is 1. The Bertz CT molecular complexity index is 937. The van der Waals surface area contributed by atoms with Crippen LogP contribution in [0.4, 0.5) is 14.7 Å². The normalized spacial score (nSPS) is 15.5. The Morgan fingerprint density at radius 3 is 2.81 bits per heavy atom. The minimum atomic E-state index is -0.481. The summed E-state index contributed by atoms with van der Waals surface area (Å²) in [6, 6.07) is 5.38. The van der Waals surface area contributed by atoms with Gasteiger partial charge in [0, 0.05) is 36.9 Å². The molecule has 3 heterocycles. The molecule has 26 heavy (non-hydrogen) atoms. The van der Waals surface area contributed by atoms with E-state index < -0.39 is 11.6 Å². The lowest BCUT2D eigenvalue weighted by Gasteiger charge is -2.22. The quantitative estimate of drug-likeness (QED) is 0.775. The third kappa shape index (κ3) is 3.37. The van der Waals surface area contributed by atoms with Crippen LogP contribution in [0.5, 0.6) is 0 Å². The molecule has 1 aromatic carbocycles. The van der Waals surface area contributed by atoms with Crippen LogP contribution in [-0.4, -0.2) is 32.8 Å². The molecule has 0 amide bonds. The van der Waals surface area contributed by atoms with Crippen molar-refractivity contribution in [3.05, 3.63) is 52.9 Å². The summed E-state index contributed by atoms with van der Waals surface area (Å²) in [4.78, 5) is 8.80. The van der Waals surface area contributed by atoms with Gasteiger partial charge in [0.05, 0.1) is 5.69 Å². The lowest BCUT2D eigenvalue weighted by molar-refractivity contribution is 0.0840.